The van der Waals surface area contributed by atoms with Gasteiger partial charge in [-0.2, -0.15) is 33.7 Å². The zero-order chi connectivity index (χ0) is 41.7. The number of nitrogens with one attached hydrogen (secondary N) is 2. The number of H-pyrrole nitrogens is 2. The second kappa shape index (κ2) is 13.6. The maximum absolute atomic E-state index is 13.2. The molecule has 0 aliphatic carbocycles. The Kier molecular flexibility index (Phi) is 9.30. The Bertz CT molecular complexity index is 3390. The van der Waals surface area contributed by atoms with Crippen molar-refractivity contribution in [2.24, 2.45) is 0 Å². The van der Waals surface area contributed by atoms with Crippen LogP contribution in [0, 0.1) is 0 Å². The Labute approximate surface area is 337 Å². The number of aromatic amines is 2. The first-order chi connectivity index (χ1) is 27.3. The minimum absolute atomic E-state index is 0.0471. The molecule has 0 fully saturated rings. The molecule has 2 aliphatic rings. The van der Waals surface area contributed by atoms with Crippen molar-refractivity contribution in [1.29, 1.82) is 0 Å². The van der Waals surface area contributed by atoms with Gasteiger partial charge in [-0.15, -0.1) is 0 Å². The van der Waals surface area contributed by atoms with Gasteiger partial charge < -0.3 is 9.97 Å². The van der Waals surface area contributed by atoms with Gasteiger partial charge in [-0.3, -0.25) is 18.2 Å². The number of nitrogens with zero attached hydrogens (tertiary/aromatic N) is 6. The van der Waals surface area contributed by atoms with Gasteiger partial charge in [0.1, 0.15) is 42.2 Å². The normalized spacial score (nSPS) is 12.9. The molecule has 0 amide bonds. The van der Waals surface area contributed by atoms with Crippen molar-refractivity contribution in [3.8, 4) is 45.6 Å². The number of benzene rings is 4. The first-order valence-corrected chi connectivity index (χ1v) is 23.3. The third-order valence-corrected chi connectivity index (χ3v) is 12.9. The molecule has 0 saturated carbocycles. The zero-order valence-corrected chi connectivity index (χ0v) is 33.4. The van der Waals surface area contributed by atoms with Crippen LogP contribution in [-0.2, 0) is 40.5 Å². The van der Waals surface area contributed by atoms with E-state index in [0.717, 1.165) is 0 Å². The molecule has 26 heteroatoms. The molecule has 0 saturated heterocycles. The van der Waals surface area contributed by atoms with Gasteiger partial charge in [0.2, 0.25) is 0 Å². The molecule has 0 atom stereocenters. The maximum atomic E-state index is 13.2. The molecule has 0 spiro atoms. The van der Waals surface area contributed by atoms with E-state index in [1.54, 1.807) is 60.7 Å². The Hall–Kier alpha value is -5.30. The van der Waals surface area contributed by atoms with E-state index >= 15 is 0 Å². The monoisotopic (exact) mass is 896 g/mol. The Morgan fingerprint density at radius 3 is 0.948 bits per heavy atom. The second-order valence-corrected chi connectivity index (χ2v) is 17.6. The molecule has 0 unspecified atom stereocenters. The SMILES string of the molecule is O=S(=O)(O)c1c(S(=O)(=O)O)c(S(=O)(=O)O)c2c3nc4nc(nc5[nH]c(nc6nc(nc([nH]3)c2c1S(=O)(=O)O)-c1ccccc1-6)c1ccccc51)-c1ccccc1-4.[Al+2][Cl]. The van der Waals surface area contributed by atoms with Crippen LogP contribution < -0.4 is 0 Å². The van der Waals surface area contributed by atoms with Gasteiger partial charge in [0.25, 0.3) is 40.5 Å². The van der Waals surface area contributed by atoms with Gasteiger partial charge in [0.05, 0.1) is 10.8 Å². The van der Waals surface area contributed by atoms with Gasteiger partial charge in [0, 0.05) is 33.0 Å². The quantitative estimate of drug-likeness (QED) is 0.107. The zero-order valence-electron chi connectivity index (χ0n) is 28.3. The number of aromatic nitrogens is 8. The number of fused-ring (bicyclic) bond motifs is 20. The molecule has 3 aromatic heterocycles. The summed E-state index contributed by atoms with van der Waals surface area (Å²) in [6.07, 6.45) is 0. The van der Waals surface area contributed by atoms with Crippen molar-refractivity contribution in [3.05, 3.63) is 72.8 Å². The summed E-state index contributed by atoms with van der Waals surface area (Å²) in [5, 5.41) is -1.17. The van der Waals surface area contributed by atoms with Crippen LogP contribution in [0.3, 0.4) is 0 Å². The van der Waals surface area contributed by atoms with E-state index in [4.69, 9.17) is 9.97 Å². The standard InChI is InChI=1S/C32H18N8O12S4.Al.ClH/c41-53(42,43)21-19-20(22(54(44,45)46)24(56(50,51)52)23(21)55(47,48)49)32-39-30-18-12-6-4-10-16(18)28(37-30)35-26-14-8-2-1-7-13(14)25(33-26)34-27-15-9-3-5-11-17(15)29(36-27)38-31(19)40-32;;/h1-12H,(H,41,42,43)(H,44,45,46)(H,47,48,49)(H,50,51,52)(H2,33,34,35,36,37,38,39,40);;1H/q;+3;/p-1. The molecule has 9 rings (SSSR count). The summed E-state index contributed by atoms with van der Waals surface area (Å²) in [5.41, 5.74) is 0.187. The summed E-state index contributed by atoms with van der Waals surface area (Å²) in [6.45, 7) is 0. The Balaban J connectivity index is 0.00000231. The van der Waals surface area contributed by atoms with Crippen LogP contribution in [0.1, 0.15) is 0 Å². The van der Waals surface area contributed by atoms with Crippen LogP contribution in [0.5, 0.6) is 0 Å². The fourth-order valence-corrected chi connectivity index (χ4v) is 11.7. The van der Waals surface area contributed by atoms with Gasteiger partial charge in [-0.05, 0) is 0 Å². The van der Waals surface area contributed by atoms with Crippen molar-refractivity contribution in [1.82, 2.24) is 39.9 Å². The number of rotatable bonds is 4. The van der Waals surface area contributed by atoms with Gasteiger partial charge in [-0.25, -0.2) is 29.9 Å². The summed E-state index contributed by atoms with van der Waals surface area (Å²) in [4.78, 5) is 24.5. The molecular formula is C32H18AlClN8O12S4+2. The van der Waals surface area contributed by atoms with Crippen LogP contribution in [0.25, 0.3) is 89.7 Å². The summed E-state index contributed by atoms with van der Waals surface area (Å²) < 4.78 is 146. The number of hydrogen-bond donors (Lipinski definition) is 6. The fourth-order valence-electron chi connectivity index (χ4n) is 6.75. The average molecular weight is 897 g/mol. The van der Waals surface area contributed by atoms with Crippen molar-refractivity contribution in [2.75, 3.05) is 0 Å². The van der Waals surface area contributed by atoms with Crippen molar-refractivity contribution < 1.29 is 51.9 Å². The number of halogens is 1. The predicted octanol–water partition coefficient (Wildman–Crippen LogP) is 4.16. The van der Waals surface area contributed by atoms with Crippen LogP contribution in [0.2, 0.25) is 0 Å². The first kappa shape index (κ1) is 39.5. The Morgan fingerprint density at radius 2 is 0.655 bits per heavy atom. The van der Waals surface area contributed by atoms with E-state index in [2.05, 4.69) is 40.0 Å². The van der Waals surface area contributed by atoms with Gasteiger partial charge >= 0.3 is 25.4 Å². The van der Waals surface area contributed by atoms with Crippen LogP contribution in [-0.4, -0.2) is 107 Å². The second-order valence-electron chi connectivity index (χ2n) is 12.2. The molecular weight excluding hydrogens is 879 g/mol. The molecule has 6 N–H and O–H groups in total. The van der Waals surface area contributed by atoms with Gasteiger partial charge in [0.15, 0.2) is 23.3 Å². The van der Waals surface area contributed by atoms with Crippen LogP contribution in [0.15, 0.2) is 92.4 Å². The summed E-state index contributed by atoms with van der Waals surface area (Å²) in [7, 11) is -20.1. The molecule has 7 aromatic rings. The summed E-state index contributed by atoms with van der Waals surface area (Å²) in [6, 6.07) is 19.9. The van der Waals surface area contributed by atoms with Crippen molar-refractivity contribution in [2.45, 2.75) is 19.6 Å². The molecule has 290 valence electrons. The van der Waals surface area contributed by atoms with Crippen molar-refractivity contribution in [3.63, 3.8) is 0 Å². The minimum atomic E-state index is -6.24. The molecule has 8 bridgehead atoms. The van der Waals surface area contributed by atoms with E-state index < -0.39 is 82.1 Å². The predicted molar refractivity (Wildman–Crippen MR) is 207 cm³/mol. The average Bonchev–Trinajstić information content (AvgIpc) is 3.89. The molecule has 4 aromatic carbocycles. The molecule has 58 heavy (non-hydrogen) atoms. The topological polar surface area (TPSA) is 326 Å². The molecule has 2 aliphatic heterocycles. The Morgan fingerprint density at radius 1 is 0.397 bits per heavy atom. The van der Waals surface area contributed by atoms with E-state index in [1.807, 2.05) is 15.4 Å². The first-order valence-electron chi connectivity index (χ1n) is 15.8. The fraction of sp³-hybridized carbons (Fsp3) is 0. The van der Waals surface area contributed by atoms with Crippen LogP contribution in [0.4, 0.5) is 0 Å². The number of hydrogen-bond acceptors (Lipinski definition) is 14. The third kappa shape index (κ3) is 6.42. The third-order valence-electron chi connectivity index (χ3n) is 8.85. The van der Waals surface area contributed by atoms with E-state index in [1.165, 1.54) is 12.1 Å². The van der Waals surface area contributed by atoms with Gasteiger partial charge in [-0.1, -0.05) is 72.8 Å². The van der Waals surface area contributed by atoms with Crippen molar-refractivity contribution >= 4 is 110 Å². The van der Waals surface area contributed by atoms with E-state index in [-0.39, 0.29) is 34.4 Å². The summed E-state index contributed by atoms with van der Waals surface area (Å²) >= 11 is 1.89. The molecule has 0 radical (unpaired) electrons. The van der Waals surface area contributed by atoms with Crippen LogP contribution >= 0.6 is 10.0 Å². The molecule has 20 nitrogen and oxygen atoms in total. The van der Waals surface area contributed by atoms with E-state index in [9.17, 15) is 51.9 Å². The molecule has 5 heterocycles. The van der Waals surface area contributed by atoms with E-state index in [0.29, 0.717) is 33.2 Å². The summed E-state index contributed by atoms with van der Waals surface area (Å²) in [5.74, 6) is -0.428.